The Morgan fingerprint density at radius 1 is 1.22 bits per heavy atom. The molecule has 45 heavy (non-hydrogen) atoms. The fourth-order valence-electron chi connectivity index (χ4n) is 5.16. The normalized spacial score (nSPS) is 16.9. The molecule has 236 valence electrons. The number of pyridine rings is 1. The number of amides is 2. The van der Waals surface area contributed by atoms with Crippen LogP contribution in [0, 0.1) is 5.92 Å². The summed E-state index contributed by atoms with van der Waals surface area (Å²) < 4.78 is 78.2. The number of carbonyl (C=O) groups excluding carboxylic acids is 2. The smallest absolute Gasteiger partial charge is 0.423 e. The van der Waals surface area contributed by atoms with E-state index in [2.05, 4.69) is 24.8 Å². The fraction of sp³-hybridized carbons (Fsp3) is 0.357. The summed E-state index contributed by atoms with van der Waals surface area (Å²) in [6, 6.07) is 3.12. The number of alkyl halides is 5. The molecular weight excluding hydrogens is 629 g/mol. The number of primary amides is 1. The van der Waals surface area contributed by atoms with Crippen LogP contribution in [0.25, 0.3) is 22.2 Å². The van der Waals surface area contributed by atoms with Crippen LogP contribution < -0.4 is 15.4 Å². The lowest BCUT2D eigenvalue weighted by atomic mass is 9.93. The van der Waals surface area contributed by atoms with E-state index in [1.54, 1.807) is 0 Å². The van der Waals surface area contributed by atoms with E-state index in [0.29, 0.717) is 12.1 Å². The molecule has 1 aliphatic heterocycles. The molecule has 1 aliphatic carbocycles. The lowest BCUT2D eigenvalue weighted by Gasteiger charge is -2.33. The summed E-state index contributed by atoms with van der Waals surface area (Å²) in [5, 5.41) is 4.67. The van der Waals surface area contributed by atoms with Crippen LogP contribution in [-0.2, 0) is 22.5 Å². The summed E-state index contributed by atoms with van der Waals surface area (Å²) in [5.41, 5.74) is 6.64. The van der Waals surface area contributed by atoms with E-state index in [0.717, 1.165) is 17.7 Å². The minimum absolute atomic E-state index is 0.0122. The van der Waals surface area contributed by atoms with Crippen molar-refractivity contribution in [2.45, 2.75) is 51.2 Å². The van der Waals surface area contributed by atoms with Crippen molar-refractivity contribution in [3.05, 3.63) is 58.9 Å². The van der Waals surface area contributed by atoms with Crippen LogP contribution in [0.1, 0.15) is 47.7 Å². The van der Waals surface area contributed by atoms with Crippen molar-refractivity contribution in [3.63, 3.8) is 0 Å². The van der Waals surface area contributed by atoms with E-state index in [1.165, 1.54) is 48.4 Å². The van der Waals surface area contributed by atoms with Gasteiger partial charge in [0.25, 0.3) is 5.91 Å². The summed E-state index contributed by atoms with van der Waals surface area (Å²) in [6.07, 6.45) is -3.20. The third-order valence-corrected chi connectivity index (χ3v) is 7.59. The number of nitrogens with two attached hydrogens (primary N) is 1. The van der Waals surface area contributed by atoms with Gasteiger partial charge >= 0.3 is 18.4 Å². The summed E-state index contributed by atoms with van der Waals surface area (Å²) in [5.74, 6) is -2.64. The molecule has 0 radical (unpaired) electrons. The van der Waals surface area contributed by atoms with Gasteiger partial charge in [-0.15, -0.1) is 13.2 Å². The van der Waals surface area contributed by atoms with Gasteiger partial charge < -0.3 is 10.5 Å². The highest BCUT2D eigenvalue weighted by Crippen LogP contribution is 2.45. The van der Waals surface area contributed by atoms with Crippen LogP contribution in [0.15, 0.2) is 36.8 Å². The Morgan fingerprint density at radius 3 is 2.58 bits per heavy atom. The Kier molecular flexibility index (Phi) is 7.59. The SMILES string of the molecule is C[C@H](COC(F)(F)F)n1ncc2c(-c3ccc4c(c3)OC(F)(F)C(=O)N4Cc3ncc(Cl)cn3)c(C(N)=O)c(CC3CC3)nc21. The Bertz CT molecular complexity index is 1810. The van der Waals surface area contributed by atoms with Crippen LogP contribution in [-0.4, -0.2) is 55.6 Å². The first-order chi connectivity index (χ1) is 21.2. The number of rotatable bonds is 9. The van der Waals surface area contributed by atoms with Gasteiger partial charge in [-0.25, -0.2) is 19.6 Å². The molecule has 4 aromatic rings. The summed E-state index contributed by atoms with van der Waals surface area (Å²) >= 11 is 5.82. The molecule has 4 heterocycles. The summed E-state index contributed by atoms with van der Waals surface area (Å²) in [7, 11) is 0. The van der Waals surface area contributed by atoms with Gasteiger partial charge in [-0.05, 0) is 49.8 Å². The molecule has 0 saturated heterocycles. The minimum Gasteiger partial charge on any atom is -0.423 e. The van der Waals surface area contributed by atoms with E-state index in [1.807, 2.05) is 0 Å². The van der Waals surface area contributed by atoms with Crippen LogP contribution in [0.2, 0.25) is 5.02 Å². The Morgan fingerprint density at radius 2 is 1.93 bits per heavy atom. The number of aromatic nitrogens is 5. The predicted molar refractivity (Wildman–Crippen MR) is 148 cm³/mol. The number of anilines is 1. The second-order valence-electron chi connectivity index (χ2n) is 10.8. The molecule has 6 rings (SSSR count). The van der Waals surface area contributed by atoms with E-state index in [4.69, 9.17) is 22.1 Å². The van der Waals surface area contributed by atoms with Gasteiger partial charge in [-0.3, -0.25) is 19.2 Å². The van der Waals surface area contributed by atoms with Crippen LogP contribution >= 0.6 is 11.6 Å². The van der Waals surface area contributed by atoms with Gasteiger partial charge in [-0.1, -0.05) is 17.7 Å². The zero-order valence-electron chi connectivity index (χ0n) is 23.3. The first-order valence-corrected chi connectivity index (χ1v) is 14.0. The molecule has 0 bridgehead atoms. The van der Waals surface area contributed by atoms with E-state index < -0.39 is 49.2 Å². The van der Waals surface area contributed by atoms with Gasteiger partial charge in [0.2, 0.25) is 0 Å². The van der Waals surface area contributed by atoms with Gasteiger partial charge in [0.1, 0.15) is 5.82 Å². The van der Waals surface area contributed by atoms with Crippen LogP contribution in [0.5, 0.6) is 5.75 Å². The van der Waals surface area contributed by atoms with Gasteiger partial charge in [-0.2, -0.15) is 13.9 Å². The van der Waals surface area contributed by atoms with Crippen LogP contribution in [0.4, 0.5) is 27.6 Å². The average Bonchev–Trinajstić information content (AvgIpc) is 3.69. The number of hydrogen-bond donors (Lipinski definition) is 1. The average molecular weight is 652 g/mol. The number of benzene rings is 1. The van der Waals surface area contributed by atoms with E-state index >= 15 is 0 Å². The van der Waals surface area contributed by atoms with Crippen molar-refractivity contribution in [3.8, 4) is 16.9 Å². The number of hydrogen-bond acceptors (Lipinski definition) is 8. The van der Waals surface area contributed by atoms with Gasteiger partial charge in [0.15, 0.2) is 11.4 Å². The second-order valence-corrected chi connectivity index (χ2v) is 11.2. The van der Waals surface area contributed by atoms with Crippen LogP contribution in [0.3, 0.4) is 0 Å². The topological polar surface area (TPSA) is 138 Å². The zero-order chi connectivity index (χ0) is 32.3. The third kappa shape index (κ3) is 6.11. The number of fused-ring (bicyclic) bond motifs is 2. The second kappa shape index (κ2) is 11.2. The number of halogens is 6. The fourth-order valence-corrected chi connectivity index (χ4v) is 5.26. The largest absolute Gasteiger partial charge is 0.522 e. The molecule has 2 N–H and O–H groups in total. The molecular formula is C28H23ClF5N7O4. The molecule has 1 saturated carbocycles. The lowest BCUT2D eigenvalue weighted by molar-refractivity contribution is -0.327. The monoisotopic (exact) mass is 651 g/mol. The van der Waals surface area contributed by atoms with Crippen molar-refractivity contribution in [2.24, 2.45) is 11.7 Å². The molecule has 11 nitrogen and oxygen atoms in total. The molecule has 0 unspecified atom stereocenters. The number of nitrogens with zero attached hydrogens (tertiary/aromatic N) is 6. The summed E-state index contributed by atoms with van der Waals surface area (Å²) in [4.78, 5) is 38.9. The number of carbonyl (C=O) groups is 2. The molecule has 2 amide bonds. The highest BCUT2D eigenvalue weighted by Gasteiger charge is 2.51. The van der Waals surface area contributed by atoms with E-state index in [-0.39, 0.29) is 50.2 Å². The molecule has 2 aliphatic rings. The molecule has 1 aromatic carbocycles. The van der Waals surface area contributed by atoms with Crippen molar-refractivity contribution < 1.29 is 41.0 Å². The summed E-state index contributed by atoms with van der Waals surface area (Å²) in [6.45, 7) is 0.256. The molecule has 1 atom stereocenters. The standard InChI is InChI=1S/C28H23ClF5N7O4/c1-13(12-44-28(32,33)34)41-25-17(10-38-41)22(23(24(35)42)18(39-25)6-14-2-3-14)15-4-5-19-20(7-15)45-27(30,31)26(43)40(19)11-21-36-8-16(29)9-37-21/h4-5,7-10,13-14H,2-3,6,11-12H2,1H3,(H2,35,42)/t13-/m1/s1. The highest BCUT2D eigenvalue weighted by atomic mass is 35.5. The van der Waals surface area contributed by atoms with Crippen molar-refractivity contribution >= 4 is 40.1 Å². The Labute approximate surface area is 256 Å². The molecule has 17 heteroatoms. The van der Waals surface area contributed by atoms with Crippen molar-refractivity contribution in [1.82, 2.24) is 24.7 Å². The predicted octanol–water partition coefficient (Wildman–Crippen LogP) is 5.21. The third-order valence-electron chi connectivity index (χ3n) is 7.39. The minimum atomic E-state index is -4.87. The quantitative estimate of drug-likeness (QED) is 0.244. The maximum atomic E-state index is 14.9. The van der Waals surface area contributed by atoms with E-state index in [9.17, 15) is 31.5 Å². The van der Waals surface area contributed by atoms with Gasteiger partial charge in [0, 0.05) is 23.3 Å². The first-order valence-electron chi connectivity index (χ1n) is 13.6. The van der Waals surface area contributed by atoms with Gasteiger partial charge in [0.05, 0.1) is 47.4 Å². The maximum absolute atomic E-state index is 14.9. The molecule has 1 fully saturated rings. The first kappa shape index (κ1) is 30.6. The highest BCUT2D eigenvalue weighted by molar-refractivity contribution is 6.30. The van der Waals surface area contributed by atoms with Crippen molar-refractivity contribution in [2.75, 3.05) is 11.5 Å². The maximum Gasteiger partial charge on any atom is 0.522 e. The van der Waals surface area contributed by atoms with Crippen molar-refractivity contribution in [1.29, 1.82) is 0 Å². The Balaban J connectivity index is 1.49. The zero-order valence-corrected chi connectivity index (χ0v) is 24.1. The number of ether oxygens (including phenoxy) is 2. The lowest BCUT2D eigenvalue weighted by Crippen LogP contribution is -2.50. The molecule has 3 aromatic heterocycles. The Hall–Kier alpha value is -4.44. The molecule has 0 spiro atoms.